The van der Waals surface area contributed by atoms with Crippen molar-refractivity contribution in [3.8, 4) is 11.5 Å². The Hall–Kier alpha value is -2.93. The van der Waals surface area contributed by atoms with Gasteiger partial charge in [0.2, 0.25) is 5.91 Å². The molecule has 0 aliphatic heterocycles. The number of carbonyl (C=O) groups excluding carboxylic acids is 1. The van der Waals surface area contributed by atoms with E-state index in [1.54, 1.807) is 37.5 Å². The molecule has 0 saturated carbocycles. The number of anilines is 1. The molecular weight excluding hydrogens is 299 g/mol. The van der Waals surface area contributed by atoms with E-state index in [4.69, 9.17) is 10.5 Å². The van der Waals surface area contributed by atoms with E-state index < -0.39 is 11.9 Å². The molecule has 4 N–H and O–H groups in total. The molecule has 3 rings (SSSR count). The summed E-state index contributed by atoms with van der Waals surface area (Å²) < 4.78 is 19.8. The maximum Gasteiger partial charge on any atom is 0.241 e. The van der Waals surface area contributed by atoms with Gasteiger partial charge in [0.15, 0.2) is 11.6 Å². The summed E-state index contributed by atoms with van der Waals surface area (Å²) in [6.45, 7) is 1.55. The average molecular weight is 314 g/mol. The number of hydrogen-bond donors (Lipinski definition) is 3. The summed E-state index contributed by atoms with van der Waals surface area (Å²) in [6, 6.07) is 6.96. The molecule has 7 heteroatoms. The van der Waals surface area contributed by atoms with Crippen molar-refractivity contribution in [2.45, 2.75) is 13.0 Å². The summed E-state index contributed by atoms with van der Waals surface area (Å²) in [7, 11) is 0. The summed E-state index contributed by atoms with van der Waals surface area (Å²) >= 11 is 0. The van der Waals surface area contributed by atoms with Crippen molar-refractivity contribution in [2.24, 2.45) is 5.73 Å². The van der Waals surface area contributed by atoms with Crippen LogP contribution in [0.3, 0.4) is 0 Å². The van der Waals surface area contributed by atoms with E-state index in [1.807, 2.05) is 0 Å². The number of benzene rings is 1. The smallest absolute Gasteiger partial charge is 0.241 e. The second-order valence-electron chi connectivity index (χ2n) is 5.07. The van der Waals surface area contributed by atoms with Crippen LogP contribution in [0, 0.1) is 5.82 Å². The lowest BCUT2D eigenvalue weighted by Gasteiger charge is -2.11. The lowest BCUT2D eigenvalue weighted by atomic mass is 10.2. The molecule has 6 nitrogen and oxygen atoms in total. The van der Waals surface area contributed by atoms with E-state index in [2.05, 4.69) is 15.3 Å². The second-order valence-corrected chi connectivity index (χ2v) is 5.07. The molecule has 0 bridgehead atoms. The third-order valence-corrected chi connectivity index (χ3v) is 3.25. The van der Waals surface area contributed by atoms with E-state index in [9.17, 15) is 9.18 Å². The Morgan fingerprint density at radius 2 is 2.17 bits per heavy atom. The van der Waals surface area contributed by atoms with Gasteiger partial charge in [-0.3, -0.25) is 4.79 Å². The first-order valence-corrected chi connectivity index (χ1v) is 7.00. The molecule has 23 heavy (non-hydrogen) atoms. The van der Waals surface area contributed by atoms with E-state index >= 15 is 0 Å². The monoisotopic (exact) mass is 314 g/mol. The van der Waals surface area contributed by atoms with E-state index in [-0.39, 0.29) is 11.7 Å². The molecule has 1 aromatic carbocycles. The number of aromatic amines is 1. The van der Waals surface area contributed by atoms with Crippen molar-refractivity contribution in [1.82, 2.24) is 9.97 Å². The molecular formula is C16H15FN4O2. The molecule has 1 atom stereocenters. The molecule has 1 amide bonds. The highest BCUT2D eigenvalue weighted by Crippen LogP contribution is 2.30. The predicted molar refractivity (Wildman–Crippen MR) is 84.8 cm³/mol. The number of pyridine rings is 1. The highest BCUT2D eigenvalue weighted by atomic mass is 19.1. The van der Waals surface area contributed by atoms with Crippen molar-refractivity contribution < 1.29 is 13.9 Å². The van der Waals surface area contributed by atoms with Gasteiger partial charge < -0.3 is 20.8 Å². The van der Waals surface area contributed by atoms with Crippen molar-refractivity contribution in [3.63, 3.8) is 0 Å². The molecule has 2 heterocycles. The Morgan fingerprint density at radius 3 is 2.91 bits per heavy atom. The summed E-state index contributed by atoms with van der Waals surface area (Å²) in [4.78, 5) is 18.6. The zero-order valence-electron chi connectivity index (χ0n) is 12.3. The molecule has 0 spiro atoms. The van der Waals surface area contributed by atoms with Crippen LogP contribution in [0.2, 0.25) is 0 Å². The SMILES string of the molecule is CC(N)C(=O)Nc1ccc(Oc2ccnc3[nH]ccc23)c(F)c1. The Morgan fingerprint density at radius 1 is 1.35 bits per heavy atom. The first-order valence-electron chi connectivity index (χ1n) is 7.00. The van der Waals surface area contributed by atoms with E-state index in [1.165, 1.54) is 12.1 Å². The van der Waals surface area contributed by atoms with Gasteiger partial charge in [0, 0.05) is 24.1 Å². The Kier molecular flexibility index (Phi) is 3.94. The Bertz CT molecular complexity index is 860. The first-order chi connectivity index (χ1) is 11.0. The minimum atomic E-state index is -0.673. The fourth-order valence-corrected chi connectivity index (χ4v) is 2.06. The Labute approximate surface area is 131 Å². The molecule has 3 aromatic rings. The third-order valence-electron chi connectivity index (χ3n) is 3.25. The lowest BCUT2D eigenvalue weighted by Crippen LogP contribution is -2.32. The standard InChI is InChI=1S/C16H15FN4O2/c1-9(18)16(22)21-10-2-3-14(12(17)8-10)23-13-5-7-20-15-11(13)4-6-19-15/h2-9H,18H2,1H3,(H,19,20)(H,21,22). The van der Waals surface area contributed by atoms with Crippen LogP contribution < -0.4 is 15.8 Å². The quantitative estimate of drug-likeness (QED) is 0.690. The van der Waals surface area contributed by atoms with Crippen molar-refractivity contribution in [3.05, 3.63) is 48.5 Å². The number of ether oxygens (including phenoxy) is 1. The van der Waals surface area contributed by atoms with Crippen LogP contribution in [-0.2, 0) is 4.79 Å². The van der Waals surface area contributed by atoms with Gasteiger partial charge in [-0.25, -0.2) is 9.37 Å². The lowest BCUT2D eigenvalue weighted by molar-refractivity contribution is -0.117. The van der Waals surface area contributed by atoms with Gasteiger partial charge in [0.1, 0.15) is 11.4 Å². The number of H-pyrrole nitrogens is 1. The minimum absolute atomic E-state index is 0.0532. The molecule has 118 valence electrons. The normalized spacial score (nSPS) is 12.1. The van der Waals surface area contributed by atoms with Crippen LogP contribution in [-0.4, -0.2) is 21.9 Å². The topological polar surface area (TPSA) is 93.0 Å². The molecule has 0 aliphatic carbocycles. The molecule has 0 radical (unpaired) electrons. The van der Waals surface area contributed by atoms with Crippen LogP contribution in [0.15, 0.2) is 42.7 Å². The number of carbonyl (C=O) groups is 1. The zero-order chi connectivity index (χ0) is 16.4. The molecule has 2 aromatic heterocycles. The summed E-state index contributed by atoms with van der Waals surface area (Å²) in [5, 5.41) is 3.28. The number of amides is 1. The maximum absolute atomic E-state index is 14.2. The number of fused-ring (bicyclic) bond motifs is 1. The summed E-state index contributed by atoms with van der Waals surface area (Å²) in [6.07, 6.45) is 3.30. The second kappa shape index (κ2) is 6.05. The van der Waals surface area contributed by atoms with Gasteiger partial charge in [0.25, 0.3) is 0 Å². The highest BCUT2D eigenvalue weighted by Gasteiger charge is 2.12. The molecule has 0 saturated heterocycles. The number of nitrogens with two attached hydrogens (primary N) is 1. The van der Waals surface area contributed by atoms with Crippen LogP contribution in [0.25, 0.3) is 11.0 Å². The minimum Gasteiger partial charge on any atom is -0.453 e. The van der Waals surface area contributed by atoms with Crippen molar-refractivity contribution >= 4 is 22.6 Å². The van der Waals surface area contributed by atoms with Crippen LogP contribution >= 0.6 is 0 Å². The fraction of sp³-hybridized carbons (Fsp3) is 0.125. The maximum atomic E-state index is 14.2. The van der Waals surface area contributed by atoms with Gasteiger partial charge in [-0.05, 0) is 31.2 Å². The number of nitrogens with one attached hydrogen (secondary N) is 2. The highest BCUT2D eigenvalue weighted by molar-refractivity contribution is 5.94. The third kappa shape index (κ3) is 3.14. The number of nitrogens with zero attached hydrogens (tertiary/aromatic N) is 1. The van der Waals surface area contributed by atoms with Crippen LogP contribution in [0.5, 0.6) is 11.5 Å². The first kappa shape index (κ1) is 15.0. The largest absolute Gasteiger partial charge is 0.453 e. The van der Waals surface area contributed by atoms with E-state index in [0.29, 0.717) is 17.1 Å². The predicted octanol–water partition coefficient (Wildman–Crippen LogP) is 2.78. The average Bonchev–Trinajstić information content (AvgIpc) is 2.99. The molecule has 0 aliphatic rings. The van der Waals surface area contributed by atoms with Gasteiger partial charge in [-0.2, -0.15) is 0 Å². The Balaban J connectivity index is 1.84. The van der Waals surface area contributed by atoms with Gasteiger partial charge in [0.05, 0.1) is 11.4 Å². The number of halogens is 1. The van der Waals surface area contributed by atoms with E-state index in [0.717, 1.165) is 5.39 Å². The molecule has 0 fully saturated rings. The summed E-state index contributed by atoms with van der Waals surface area (Å²) in [5.74, 6) is -0.436. The number of rotatable bonds is 4. The zero-order valence-corrected chi connectivity index (χ0v) is 12.3. The van der Waals surface area contributed by atoms with Gasteiger partial charge >= 0.3 is 0 Å². The van der Waals surface area contributed by atoms with Crippen LogP contribution in [0.1, 0.15) is 6.92 Å². The number of hydrogen-bond acceptors (Lipinski definition) is 4. The van der Waals surface area contributed by atoms with Crippen LogP contribution in [0.4, 0.5) is 10.1 Å². The van der Waals surface area contributed by atoms with Gasteiger partial charge in [-0.15, -0.1) is 0 Å². The summed E-state index contributed by atoms with van der Waals surface area (Å²) in [5.41, 5.74) is 6.43. The van der Waals surface area contributed by atoms with Crippen molar-refractivity contribution in [1.29, 1.82) is 0 Å². The number of aromatic nitrogens is 2. The molecule has 1 unspecified atom stereocenters. The fourth-order valence-electron chi connectivity index (χ4n) is 2.06. The van der Waals surface area contributed by atoms with Crippen molar-refractivity contribution in [2.75, 3.05) is 5.32 Å². The van der Waals surface area contributed by atoms with Gasteiger partial charge in [-0.1, -0.05) is 0 Å².